The van der Waals surface area contributed by atoms with Crippen LogP contribution in [0.5, 0.6) is 0 Å². The first-order chi connectivity index (χ1) is 13.6. The molecule has 0 saturated carbocycles. The summed E-state index contributed by atoms with van der Waals surface area (Å²) in [6.07, 6.45) is 1.24. The molecule has 1 aliphatic heterocycles. The molecule has 1 unspecified atom stereocenters. The minimum absolute atomic E-state index is 0.0186. The maximum absolute atomic E-state index is 12.5. The zero-order valence-corrected chi connectivity index (χ0v) is 16.1. The van der Waals surface area contributed by atoms with Gasteiger partial charge in [0.05, 0.1) is 6.54 Å². The Morgan fingerprint density at radius 1 is 1.18 bits per heavy atom. The van der Waals surface area contributed by atoms with E-state index < -0.39 is 0 Å². The molecule has 1 atom stereocenters. The molecule has 0 radical (unpaired) electrons. The smallest absolute Gasteiger partial charge is 0.410 e. The van der Waals surface area contributed by atoms with E-state index in [0.717, 1.165) is 11.4 Å². The summed E-state index contributed by atoms with van der Waals surface area (Å²) >= 11 is 0. The number of hydrogen-bond donors (Lipinski definition) is 0. The SMILES string of the molecule is CC#CC1CN(C(=O)OCc2ccccc2)CCN1c1ccc(C(C)=O)cn1. The maximum atomic E-state index is 12.5. The van der Waals surface area contributed by atoms with Gasteiger partial charge in [0.15, 0.2) is 5.78 Å². The Labute approximate surface area is 165 Å². The molecule has 1 aromatic carbocycles. The van der Waals surface area contributed by atoms with Gasteiger partial charge in [0, 0.05) is 24.8 Å². The van der Waals surface area contributed by atoms with Gasteiger partial charge in [-0.25, -0.2) is 9.78 Å². The van der Waals surface area contributed by atoms with Crippen molar-refractivity contribution in [2.24, 2.45) is 0 Å². The number of anilines is 1. The summed E-state index contributed by atoms with van der Waals surface area (Å²) in [5, 5.41) is 0. The lowest BCUT2D eigenvalue weighted by atomic mass is 10.1. The second kappa shape index (κ2) is 9.05. The third-order valence-electron chi connectivity index (χ3n) is 4.60. The number of Topliss-reactive ketones (excluding diaryl/α,β-unsaturated/α-hetero) is 1. The number of nitrogens with zero attached hydrogens (tertiary/aromatic N) is 3. The van der Waals surface area contributed by atoms with Crippen molar-refractivity contribution in [2.75, 3.05) is 24.5 Å². The predicted molar refractivity (Wildman–Crippen MR) is 107 cm³/mol. The van der Waals surface area contributed by atoms with Gasteiger partial charge in [0.2, 0.25) is 0 Å². The van der Waals surface area contributed by atoms with E-state index in [9.17, 15) is 9.59 Å². The molecule has 2 aromatic rings. The van der Waals surface area contributed by atoms with E-state index in [1.54, 1.807) is 24.1 Å². The van der Waals surface area contributed by atoms with E-state index in [1.807, 2.05) is 36.4 Å². The maximum Gasteiger partial charge on any atom is 0.410 e. The summed E-state index contributed by atoms with van der Waals surface area (Å²) in [5.74, 6) is 6.81. The first kappa shape index (κ1) is 19.4. The van der Waals surface area contributed by atoms with Crippen molar-refractivity contribution in [1.29, 1.82) is 0 Å². The highest BCUT2D eigenvalue weighted by molar-refractivity contribution is 5.93. The monoisotopic (exact) mass is 377 g/mol. The van der Waals surface area contributed by atoms with Crippen molar-refractivity contribution in [2.45, 2.75) is 26.5 Å². The van der Waals surface area contributed by atoms with E-state index in [-0.39, 0.29) is 24.5 Å². The van der Waals surface area contributed by atoms with E-state index >= 15 is 0 Å². The van der Waals surface area contributed by atoms with Crippen LogP contribution in [-0.2, 0) is 11.3 Å². The second-order valence-electron chi connectivity index (χ2n) is 6.55. The lowest BCUT2D eigenvalue weighted by molar-refractivity contribution is 0.0914. The van der Waals surface area contributed by atoms with Gasteiger partial charge < -0.3 is 14.5 Å². The molecule has 2 heterocycles. The van der Waals surface area contributed by atoms with Crippen molar-refractivity contribution >= 4 is 17.7 Å². The molecule has 6 heteroatoms. The Morgan fingerprint density at radius 3 is 2.61 bits per heavy atom. The van der Waals surface area contributed by atoms with Crippen molar-refractivity contribution in [3.05, 3.63) is 59.8 Å². The van der Waals surface area contributed by atoms with Crippen LogP contribution in [0.3, 0.4) is 0 Å². The topological polar surface area (TPSA) is 62.7 Å². The van der Waals surface area contributed by atoms with Gasteiger partial charge in [-0.05, 0) is 31.5 Å². The van der Waals surface area contributed by atoms with Gasteiger partial charge in [-0.3, -0.25) is 4.79 Å². The molecule has 144 valence electrons. The minimum atomic E-state index is -0.341. The van der Waals surface area contributed by atoms with Gasteiger partial charge in [-0.1, -0.05) is 36.3 Å². The molecule has 1 aliphatic rings. The molecule has 0 spiro atoms. The van der Waals surface area contributed by atoms with Crippen LogP contribution in [0.15, 0.2) is 48.7 Å². The lowest BCUT2D eigenvalue weighted by Crippen LogP contribution is -2.54. The number of hydrogen-bond acceptors (Lipinski definition) is 5. The number of carbonyl (C=O) groups is 2. The van der Waals surface area contributed by atoms with Crippen LogP contribution >= 0.6 is 0 Å². The summed E-state index contributed by atoms with van der Waals surface area (Å²) in [7, 11) is 0. The highest BCUT2D eigenvalue weighted by Crippen LogP contribution is 2.19. The number of ketones is 1. The normalized spacial score (nSPS) is 16.1. The van der Waals surface area contributed by atoms with Crippen molar-refractivity contribution < 1.29 is 14.3 Å². The van der Waals surface area contributed by atoms with Crippen LogP contribution in [0, 0.1) is 11.8 Å². The Bertz CT molecular complexity index is 885. The molecule has 0 bridgehead atoms. The minimum Gasteiger partial charge on any atom is -0.445 e. The Morgan fingerprint density at radius 2 is 1.96 bits per heavy atom. The average Bonchev–Trinajstić information content (AvgIpc) is 2.73. The summed E-state index contributed by atoms with van der Waals surface area (Å²) in [6.45, 7) is 5.08. The third-order valence-corrected chi connectivity index (χ3v) is 4.60. The van der Waals surface area contributed by atoms with Crippen LogP contribution in [0.1, 0.15) is 29.8 Å². The first-order valence-electron chi connectivity index (χ1n) is 9.20. The predicted octanol–water partition coefficient (Wildman–Crippen LogP) is 3.13. The van der Waals surface area contributed by atoms with Crippen molar-refractivity contribution in [1.82, 2.24) is 9.88 Å². The van der Waals surface area contributed by atoms with E-state index in [4.69, 9.17) is 4.74 Å². The van der Waals surface area contributed by atoms with Gasteiger partial charge in [0.1, 0.15) is 18.5 Å². The number of rotatable bonds is 4. The van der Waals surface area contributed by atoms with Gasteiger partial charge >= 0.3 is 6.09 Å². The number of aromatic nitrogens is 1. The molecule has 1 fully saturated rings. The van der Waals surface area contributed by atoms with Crippen molar-refractivity contribution in [3.8, 4) is 11.8 Å². The number of amides is 1. The molecular formula is C22H23N3O3. The number of carbonyl (C=O) groups excluding carboxylic acids is 2. The summed E-state index contributed by atoms with van der Waals surface area (Å²) < 4.78 is 5.44. The molecule has 6 nitrogen and oxygen atoms in total. The molecule has 0 aliphatic carbocycles. The number of piperazine rings is 1. The quantitative estimate of drug-likeness (QED) is 0.605. The highest BCUT2D eigenvalue weighted by Gasteiger charge is 2.30. The van der Waals surface area contributed by atoms with E-state index in [1.165, 1.54) is 6.92 Å². The third kappa shape index (κ3) is 4.68. The average molecular weight is 377 g/mol. The van der Waals surface area contributed by atoms with Crippen LogP contribution in [0.4, 0.5) is 10.6 Å². The Hall–Kier alpha value is -3.33. The van der Waals surface area contributed by atoms with Crippen molar-refractivity contribution in [3.63, 3.8) is 0 Å². The van der Waals surface area contributed by atoms with E-state index in [0.29, 0.717) is 25.2 Å². The highest BCUT2D eigenvalue weighted by atomic mass is 16.6. The molecule has 3 rings (SSSR count). The molecule has 0 N–H and O–H groups in total. The van der Waals surface area contributed by atoms with Gasteiger partial charge in [0.25, 0.3) is 0 Å². The summed E-state index contributed by atoms with van der Waals surface area (Å²) in [4.78, 5) is 32.1. The Kier molecular flexibility index (Phi) is 6.28. The lowest BCUT2D eigenvalue weighted by Gasteiger charge is -2.39. The fourth-order valence-electron chi connectivity index (χ4n) is 3.09. The molecule has 1 amide bonds. The van der Waals surface area contributed by atoms with Gasteiger partial charge in [-0.2, -0.15) is 0 Å². The van der Waals surface area contributed by atoms with Crippen LogP contribution in [0.2, 0.25) is 0 Å². The Balaban J connectivity index is 1.65. The fourth-order valence-corrected chi connectivity index (χ4v) is 3.09. The van der Waals surface area contributed by atoms with Crippen LogP contribution < -0.4 is 4.90 Å². The zero-order chi connectivity index (χ0) is 19.9. The van der Waals surface area contributed by atoms with Crippen LogP contribution in [-0.4, -0.2) is 47.4 Å². The standard InChI is InChI=1S/C22H23N3O3/c1-3-7-20-15-24(22(27)28-16-18-8-5-4-6-9-18)12-13-25(20)21-11-10-19(14-23-21)17(2)26/h4-6,8-11,14,20H,12-13,15-16H2,1-2H3. The number of pyridine rings is 1. The van der Waals surface area contributed by atoms with Gasteiger partial charge in [-0.15, -0.1) is 5.92 Å². The largest absolute Gasteiger partial charge is 0.445 e. The molecular weight excluding hydrogens is 354 g/mol. The summed E-state index contributed by atoms with van der Waals surface area (Å²) in [6, 6.07) is 13.0. The molecule has 1 saturated heterocycles. The molecule has 1 aromatic heterocycles. The number of benzene rings is 1. The summed E-state index contributed by atoms with van der Waals surface area (Å²) in [5.41, 5.74) is 1.53. The number of ether oxygens (including phenoxy) is 1. The molecule has 28 heavy (non-hydrogen) atoms. The fraction of sp³-hybridized carbons (Fsp3) is 0.318. The van der Waals surface area contributed by atoms with Crippen LogP contribution in [0.25, 0.3) is 0 Å². The van der Waals surface area contributed by atoms with E-state index in [2.05, 4.69) is 21.7 Å². The first-order valence-corrected chi connectivity index (χ1v) is 9.20. The second-order valence-corrected chi connectivity index (χ2v) is 6.55. The zero-order valence-electron chi connectivity index (χ0n) is 16.1.